The predicted octanol–water partition coefficient (Wildman–Crippen LogP) is 1.82. The van der Waals surface area contributed by atoms with Crippen LogP contribution in [0.3, 0.4) is 0 Å². The highest BCUT2D eigenvalue weighted by atomic mass is 15.1. The Morgan fingerprint density at radius 3 is 2.53 bits per heavy atom. The van der Waals surface area contributed by atoms with Crippen molar-refractivity contribution in [1.82, 2.24) is 9.55 Å². The first-order valence-electron chi connectivity index (χ1n) is 5.07. The molecule has 3 heteroatoms. The molecule has 0 amide bonds. The molecule has 0 bridgehead atoms. The van der Waals surface area contributed by atoms with E-state index < -0.39 is 0 Å². The second-order valence-electron chi connectivity index (χ2n) is 3.72. The first-order chi connectivity index (χ1) is 7.29. The zero-order valence-electron chi connectivity index (χ0n) is 8.75. The van der Waals surface area contributed by atoms with Gasteiger partial charge in [-0.1, -0.05) is 30.3 Å². The quantitative estimate of drug-likeness (QED) is 0.823. The molecule has 2 N–H and O–H groups in total. The minimum atomic E-state index is 0.0570. The van der Waals surface area contributed by atoms with Gasteiger partial charge in [0.1, 0.15) is 0 Å². The Hall–Kier alpha value is -1.61. The maximum Gasteiger partial charge on any atom is 0.0952 e. The summed E-state index contributed by atoms with van der Waals surface area (Å²) in [7, 11) is 0. The molecule has 0 radical (unpaired) electrons. The van der Waals surface area contributed by atoms with Crippen molar-refractivity contribution in [3.05, 3.63) is 54.6 Å². The van der Waals surface area contributed by atoms with E-state index in [1.54, 1.807) is 12.5 Å². The Labute approximate surface area is 89.6 Å². The second-order valence-corrected chi connectivity index (χ2v) is 3.72. The molecule has 2 unspecified atom stereocenters. The van der Waals surface area contributed by atoms with E-state index in [4.69, 9.17) is 5.73 Å². The lowest BCUT2D eigenvalue weighted by atomic mass is 10.0. The summed E-state index contributed by atoms with van der Waals surface area (Å²) >= 11 is 0. The Kier molecular flexibility index (Phi) is 2.83. The summed E-state index contributed by atoms with van der Waals surface area (Å²) in [5, 5.41) is 0. The van der Waals surface area contributed by atoms with Gasteiger partial charge in [-0.15, -0.1) is 0 Å². The fourth-order valence-corrected chi connectivity index (χ4v) is 1.83. The Bertz CT molecular complexity index is 392. The topological polar surface area (TPSA) is 43.8 Å². The molecule has 2 atom stereocenters. The Balaban J connectivity index is 2.37. The number of imidazole rings is 1. The van der Waals surface area contributed by atoms with Gasteiger partial charge >= 0.3 is 0 Å². The molecule has 0 fully saturated rings. The summed E-state index contributed by atoms with van der Waals surface area (Å²) < 4.78 is 2.04. The van der Waals surface area contributed by atoms with Crippen LogP contribution < -0.4 is 5.73 Å². The second kappa shape index (κ2) is 4.28. The summed E-state index contributed by atoms with van der Waals surface area (Å²) in [6.07, 6.45) is 5.53. The molecule has 1 heterocycles. The lowest BCUT2D eigenvalue weighted by Gasteiger charge is -2.22. The summed E-state index contributed by atoms with van der Waals surface area (Å²) in [5.74, 6) is 0. The van der Waals surface area contributed by atoms with Crippen LogP contribution >= 0.6 is 0 Å². The Morgan fingerprint density at radius 1 is 1.27 bits per heavy atom. The van der Waals surface area contributed by atoms with Gasteiger partial charge in [0, 0.05) is 18.4 Å². The number of rotatable bonds is 3. The van der Waals surface area contributed by atoms with Gasteiger partial charge in [-0.25, -0.2) is 4.98 Å². The fourth-order valence-electron chi connectivity index (χ4n) is 1.83. The standard InChI is InChI=1S/C12H15N3/c1-10(13)12(15-8-7-14-9-15)11-5-3-2-4-6-11/h2-10,12H,13H2,1H3. The van der Waals surface area contributed by atoms with Crippen molar-refractivity contribution < 1.29 is 0 Å². The van der Waals surface area contributed by atoms with Gasteiger partial charge in [0.05, 0.1) is 12.4 Å². The largest absolute Gasteiger partial charge is 0.328 e. The SMILES string of the molecule is CC(N)C(c1ccccc1)n1ccnc1. The maximum absolute atomic E-state index is 6.01. The van der Waals surface area contributed by atoms with Crippen LogP contribution in [0, 0.1) is 0 Å². The van der Waals surface area contributed by atoms with Crippen molar-refractivity contribution in [2.24, 2.45) is 5.73 Å². The van der Waals surface area contributed by atoms with Gasteiger partial charge in [0.15, 0.2) is 0 Å². The van der Waals surface area contributed by atoms with E-state index in [9.17, 15) is 0 Å². The van der Waals surface area contributed by atoms with Gasteiger partial charge in [-0.3, -0.25) is 0 Å². The third kappa shape index (κ3) is 2.07. The molecule has 15 heavy (non-hydrogen) atoms. The van der Waals surface area contributed by atoms with Crippen molar-refractivity contribution in [1.29, 1.82) is 0 Å². The lowest BCUT2D eigenvalue weighted by molar-refractivity contribution is 0.496. The molecule has 0 aliphatic heterocycles. The number of aromatic nitrogens is 2. The zero-order valence-corrected chi connectivity index (χ0v) is 8.75. The highest BCUT2D eigenvalue weighted by Gasteiger charge is 2.16. The number of nitrogens with zero attached hydrogens (tertiary/aromatic N) is 2. The van der Waals surface area contributed by atoms with E-state index >= 15 is 0 Å². The molecule has 3 nitrogen and oxygen atoms in total. The van der Waals surface area contributed by atoms with E-state index in [1.165, 1.54) is 5.56 Å². The molecule has 0 saturated carbocycles. The van der Waals surface area contributed by atoms with Crippen LogP contribution in [0.4, 0.5) is 0 Å². The normalized spacial score (nSPS) is 14.8. The number of nitrogens with two attached hydrogens (primary N) is 1. The molecule has 78 valence electrons. The van der Waals surface area contributed by atoms with Crippen LogP contribution in [0.5, 0.6) is 0 Å². The van der Waals surface area contributed by atoms with Crippen molar-refractivity contribution in [2.45, 2.75) is 19.0 Å². The van der Waals surface area contributed by atoms with Crippen LogP contribution in [0.2, 0.25) is 0 Å². The van der Waals surface area contributed by atoms with Crippen LogP contribution in [-0.2, 0) is 0 Å². The van der Waals surface area contributed by atoms with E-state index in [0.29, 0.717) is 0 Å². The summed E-state index contributed by atoms with van der Waals surface area (Å²) in [5.41, 5.74) is 7.22. The number of benzene rings is 1. The van der Waals surface area contributed by atoms with Crippen LogP contribution in [-0.4, -0.2) is 15.6 Å². The molecule has 0 aliphatic rings. The smallest absolute Gasteiger partial charge is 0.0952 e. The Morgan fingerprint density at radius 2 is 2.00 bits per heavy atom. The highest BCUT2D eigenvalue weighted by molar-refractivity contribution is 5.21. The molecular formula is C12H15N3. The fraction of sp³-hybridized carbons (Fsp3) is 0.250. The van der Waals surface area contributed by atoms with E-state index in [-0.39, 0.29) is 12.1 Å². The third-order valence-electron chi connectivity index (χ3n) is 2.49. The van der Waals surface area contributed by atoms with E-state index in [1.807, 2.05) is 35.9 Å². The van der Waals surface area contributed by atoms with Gasteiger partial charge in [0.25, 0.3) is 0 Å². The summed E-state index contributed by atoms with van der Waals surface area (Å²) in [6.45, 7) is 2.01. The molecule has 0 saturated heterocycles. The maximum atomic E-state index is 6.01. The van der Waals surface area contributed by atoms with Gasteiger partial charge < -0.3 is 10.3 Å². The highest BCUT2D eigenvalue weighted by Crippen LogP contribution is 2.20. The summed E-state index contributed by atoms with van der Waals surface area (Å²) in [4.78, 5) is 4.06. The molecular weight excluding hydrogens is 186 g/mol. The molecule has 1 aromatic carbocycles. The van der Waals surface area contributed by atoms with Gasteiger partial charge in [-0.2, -0.15) is 0 Å². The first kappa shape index (κ1) is 9.93. The third-order valence-corrected chi connectivity index (χ3v) is 2.49. The average molecular weight is 201 g/mol. The number of hydrogen-bond donors (Lipinski definition) is 1. The van der Waals surface area contributed by atoms with Crippen molar-refractivity contribution >= 4 is 0 Å². The monoisotopic (exact) mass is 201 g/mol. The molecule has 0 aliphatic carbocycles. The van der Waals surface area contributed by atoms with Gasteiger partial charge in [-0.05, 0) is 12.5 Å². The molecule has 0 spiro atoms. The van der Waals surface area contributed by atoms with E-state index in [2.05, 4.69) is 17.1 Å². The van der Waals surface area contributed by atoms with Crippen molar-refractivity contribution in [3.63, 3.8) is 0 Å². The zero-order chi connectivity index (χ0) is 10.7. The molecule has 1 aromatic heterocycles. The van der Waals surface area contributed by atoms with Crippen molar-refractivity contribution in [2.75, 3.05) is 0 Å². The minimum Gasteiger partial charge on any atom is -0.328 e. The average Bonchev–Trinajstić information content (AvgIpc) is 2.72. The van der Waals surface area contributed by atoms with E-state index in [0.717, 1.165) is 0 Å². The number of hydrogen-bond acceptors (Lipinski definition) is 2. The lowest BCUT2D eigenvalue weighted by Crippen LogP contribution is -2.29. The van der Waals surface area contributed by atoms with Crippen LogP contribution in [0.25, 0.3) is 0 Å². The molecule has 2 rings (SSSR count). The van der Waals surface area contributed by atoms with Gasteiger partial charge in [0.2, 0.25) is 0 Å². The van der Waals surface area contributed by atoms with Crippen LogP contribution in [0.15, 0.2) is 49.1 Å². The van der Waals surface area contributed by atoms with Crippen LogP contribution in [0.1, 0.15) is 18.5 Å². The minimum absolute atomic E-state index is 0.0570. The molecule has 2 aromatic rings. The van der Waals surface area contributed by atoms with Crippen molar-refractivity contribution in [3.8, 4) is 0 Å². The first-order valence-corrected chi connectivity index (χ1v) is 5.07. The predicted molar refractivity (Wildman–Crippen MR) is 60.5 cm³/mol. The summed E-state index contributed by atoms with van der Waals surface area (Å²) in [6, 6.07) is 10.5.